The summed E-state index contributed by atoms with van der Waals surface area (Å²) in [5.74, 6) is 0.154. The molecule has 0 atom stereocenters. The Hall–Kier alpha value is -1.79. The number of primary amides is 1. The average molecular weight is 352 g/mol. The standard InChI is InChI=1S/C16H18ClN3O2S/c1-16(2,3)20-15(22)13(17)12(8-19-20)23-9-10-4-6-11(7-5-10)14(18)21/h4-8H,9H2,1-3H3,(H2,18,21). The first-order valence-corrected chi connectivity index (χ1v) is 8.36. The number of halogens is 1. The van der Waals surface area contributed by atoms with Crippen molar-refractivity contribution in [2.45, 2.75) is 37.0 Å². The van der Waals surface area contributed by atoms with Crippen LogP contribution in [-0.4, -0.2) is 15.7 Å². The fourth-order valence-corrected chi connectivity index (χ4v) is 3.07. The van der Waals surface area contributed by atoms with Crippen molar-refractivity contribution in [2.24, 2.45) is 5.73 Å². The van der Waals surface area contributed by atoms with Gasteiger partial charge in [-0.2, -0.15) is 5.10 Å². The van der Waals surface area contributed by atoms with E-state index in [4.69, 9.17) is 17.3 Å². The predicted molar refractivity (Wildman–Crippen MR) is 93.0 cm³/mol. The third-order valence-corrected chi connectivity index (χ3v) is 4.73. The molecule has 0 aliphatic carbocycles. The summed E-state index contributed by atoms with van der Waals surface area (Å²) in [6, 6.07) is 7.00. The Labute approximate surface area is 143 Å². The SMILES string of the molecule is CC(C)(C)n1ncc(SCc2ccc(C(N)=O)cc2)c(Cl)c1=O. The summed E-state index contributed by atoms with van der Waals surface area (Å²) >= 11 is 7.61. The fraction of sp³-hybridized carbons (Fsp3) is 0.312. The van der Waals surface area contributed by atoms with E-state index in [9.17, 15) is 9.59 Å². The van der Waals surface area contributed by atoms with Crippen molar-refractivity contribution >= 4 is 29.3 Å². The molecule has 7 heteroatoms. The van der Waals surface area contributed by atoms with Gasteiger partial charge in [-0.05, 0) is 38.5 Å². The van der Waals surface area contributed by atoms with E-state index in [-0.39, 0.29) is 10.6 Å². The summed E-state index contributed by atoms with van der Waals surface area (Å²) < 4.78 is 1.38. The first-order valence-electron chi connectivity index (χ1n) is 7.00. The summed E-state index contributed by atoms with van der Waals surface area (Å²) in [4.78, 5) is 23.9. The molecule has 1 heterocycles. The summed E-state index contributed by atoms with van der Waals surface area (Å²) in [5.41, 5.74) is 5.95. The van der Waals surface area contributed by atoms with Crippen molar-refractivity contribution < 1.29 is 4.79 Å². The molecule has 0 radical (unpaired) electrons. The van der Waals surface area contributed by atoms with E-state index >= 15 is 0 Å². The van der Waals surface area contributed by atoms with Crippen LogP contribution in [0.4, 0.5) is 0 Å². The van der Waals surface area contributed by atoms with Gasteiger partial charge in [0.05, 0.1) is 16.6 Å². The lowest BCUT2D eigenvalue weighted by atomic mass is 10.1. The van der Waals surface area contributed by atoms with Crippen LogP contribution in [0.1, 0.15) is 36.7 Å². The van der Waals surface area contributed by atoms with Gasteiger partial charge in [-0.25, -0.2) is 4.68 Å². The zero-order valence-corrected chi connectivity index (χ0v) is 14.7. The molecule has 2 aromatic rings. The highest BCUT2D eigenvalue weighted by molar-refractivity contribution is 7.98. The Balaban J connectivity index is 2.17. The summed E-state index contributed by atoms with van der Waals surface area (Å²) in [5, 5.41) is 4.37. The molecule has 23 heavy (non-hydrogen) atoms. The van der Waals surface area contributed by atoms with Gasteiger partial charge in [0.15, 0.2) is 0 Å². The summed E-state index contributed by atoms with van der Waals surface area (Å²) in [6.45, 7) is 5.68. The molecule has 0 aliphatic rings. The van der Waals surface area contributed by atoms with Gasteiger partial charge >= 0.3 is 0 Å². The molecule has 0 aliphatic heterocycles. The third-order valence-electron chi connectivity index (χ3n) is 3.16. The normalized spacial score (nSPS) is 11.5. The smallest absolute Gasteiger partial charge is 0.287 e. The van der Waals surface area contributed by atoms with Gasteiger partial charge in [0.25, 0.3) is 5.56 Å². The highest BCUT2D eigenvalue weighted by Gasteiger charge is 2.19. The number of nitrogens with zero attached hydrogens (tertiary/aromatic N) is 2. The summed E-state index contributed by atoms with van der Waals surface area (Å²) in [7, 11) is 0. The molecular weight excluding hydrogens is 334 g/mol. The largest absolute Gasteiger partial charge is 0.366 e. The van der Waals surface area contributed by atoms with Crippen LogP contribution in [0, 0.1) is 0 Å². The highest BCUT2D eigenvalue weighted by Crippen LogP contribution is 2.27. The maximum atomic E-state index is 12.3. The van der Waals surface area contributed by atoms with Crippen LogP contribution < -0.4 is 11.3 Å². The van der Waals surface area contributed by atoms with E-state index < -0.39 is 11.4 Å². The van der Waals surface area contributed by atoms with Crippen molar-refractivity contribution in [3.8, 4) is 0 Å². The van der Waals surface area contributed by atoms with Crippen molar-refractivity contribution in [2.75, 3.05) is 0 Å². The first kappa shape index (κ1) is 17.6. The van der Waals surface area contributed by atoms with Crippen molar-refractivity contribution in [3.63, 3.8) is 0 Å². The number of nitrogens with two attached hydrogens (primary N) is 1. The lowest BCUT2D eigenvalue weighted by Gasteiger charge is -2.21. The molecule has 0 spiro atoms. The van der Waals surface area contributed by atoms with Crippen LogP contribution >= 0.6 is 23.4 Å². The van der Waals surface area contributed by atoms with Gasteiger partial charge in [0, 0.05) is 11.3 Å². The van der Waals surface area contributed by atoms with Crippen LogP contribution in [0.25, 0.3) is 0 Å². The number of hydrogen-bond acceptors (Lipinski definition) is 4. The quantitative estimate of drug-likeness (QED) is 0.859. The maximum Gasteiger partial charge on any atom is 0.287 e. The van der Waals surface area contributed by atoms with Crippen molar-refractivity contribution in [1.29, 1.82) is 0 Å². The predicted octanol–water partition coefficient (Wildman–Crippen LogP) is 3.04. The molecule has 0 saturated carbocycles. The third kappa shape index (κ3) is 4.14. The topological polar surface area (TPSA) is 78.0 Å². The van der Waals surface area contributed by atoms with Crippen LogP contribution in [0.2, 0.25) is 5.02 Å². The fourth-order valence-electron chi connectivity index (χ4n) is 1.92. The monoisotopic (exact) mass is 351 g/mol. The number of benzene rings is 1. The molecule has 2 N–H and O–H groups in total. The van der Waals surface area contributed by atoms with E-state index in [0.29, 0.717) is 16.2 Å². The second-order valence-electron chi connectivity index (χ2n) is 6.06. The number of rotatable bonds is 4. The Bertz CT molecular complexity index is 779. The van der Waals surface area contributed by atoms with Crippen molar-refractivity contribution in [3.05, 3.63) is 57.0 Å². The van der Waals surface area contributed by atoms with E-state index in [1.54, 1.807) is 18.3 Å². The Morgan fingerprint density at radius 2 is 1.91 bits per heavy atom. The zero-order valence-electron chi connectivity index (χ0n) is 13.2. The van der Waals surface area contributed by atoms with E-state index in [0.717, 1.165) is 5.56 Å². The van der Waals surface area contributed by atoms with E-state index in [1.165, 1.54) is 16.4 Å². The van der Waals surface area contributed by atoms with Crippen LogP contribution in [0.3, 0.4) is 0 Å². The molecule has 1 aromatic carbocycles. The van der Waals surface area contributed by atoms with E-state index in [2.05, 4.69) is 5.10 Å². The Kier molecular flexibility index (Phi) is 5.16. The molecule has 0 fully saturated rings. The molecule has 0 unspecified atom stereocenters. The minimum Gasteiger partial charge on any atom is -0.366 e. The highest BCUT2D eigenvalue weighted by atomic mass is 35.5. The zero-order chi connectivity index (χ0) is 17.2. The molecule has 5 nitrogen and oxygen atoms in total. The second kappa shape index (κ2) is 6.76. The number of thioether (sulfide) groups is 1. The number of carbonyl (C=O) groups is 1. The number of hydrogen-bond donors (Lipinski definition) is 1. The lowest BCUT2D eigenvalue weighted by Crippen LogP contribution is -2.36. The van der Waals surface area contributed by atoms with E-state index in [1.807, 2.05) is 32.9 Å². The molecule has 2 rings (SSSR count). The molecule has 1 amide bonds. The number of amides is 1. The lowest BCUT2D eigenvalue weighted by molar-refractivity contribution is 0.100. The number of carbonyl (C=O) groups excluding carboxylic acids is 1. The van der Waals surface area contributed by atoms with Crippen LogP contribution in [0.5, 0.6) is 0 Å². The Morgan fingerprint density at radius 1 is 1.30 bits per heavy atom. The second-order valence-corrected chi connectivity index (χ2v) is 7.46. The van der Waals surface area contributed by atoms with Gasteiger partial charge in [-0.1, -0.05) is 23.7 Å². The molecular formula is C16H18ClN3O2S. The minimum atomic E-state index is -0.456. The van der Waals surface area contributed by atoms with Gasteiger partial charge in [-0.15, -0.1) is 11.8 Å². The molecule has 122 valence electrons. The van der Waals surface area contributed by atoms with Gasteiger partial charge in [0.2, 0.25) is 5.91 Å². The molecule has 0 saturated heterocycles. The number of aromatic nitrogens is 2. The van der Waals surface area contributed by atoms with Gasteiger partial charge in [-0.3, -0.25) is 9.59 Å². The average Bonchev–Trinajstić information content (AvgIpc) is 2.48. The van der Waals surface area contributed by atoms with Gasteiger partial charge < -0.3 is 5.73 Å². The molecule has 1 aromatic heterocycles. The maximum absolute atomic E-state index is 12.3. The van der Waals surface area contributed by atoms with Crippen molar-refractivity contribution in [1.82, 2.24) is 9.78 Å². The van der Waals surface area contributed by atoms with Crippen LogP contribution in [0.15, 0.2) is 40.2 Å². The Morgan fingerprint density at radius 3 is 2.43 bits per heavy atom. The minimum absolute atomic E-state index is 0.175. The summed E-state index contributed by atoms with van der Waals surface area (Å²) in [6.07, 6.45) is 1.61. The van der Waals surface area contributed by atoms with Crippen LogP contribution in [-0.2, 0) is 11.3 Å². The van der Waals surface area contributed by atoms with Gasteiger partial charge in [0.1, 0.15) is 5.02 Å². The molecule has 0 bridgehead atoms. The first-order chi connectivity index (χ1) is 10.7.